The van der Waals surface area contributed by atoms with Crippen LogP contribution in [-0.2, 0) is 0 Å². The topological polar surface area (TPSA) is 0 Å². The molecule has 0 atom stereocenters. The maximum Gasteiger partial charge on any atom is 0.127 e. The van der Waals surface area contributed by atoms with Gasteiger partial charge in [-0.3, -0.25) is 0 Å². The summed E-state index contributed by atoms with van der Waals surface area (Å²) in [6.07, 6.45) is 2.24. The Morgan fingerprint density at radius 3 is 2.64 bits per heavy atom. The van der Waals surface area contributed by atoms with E-state index in [0.717, 1.165) is 23.3 Å². The van der Waals surface area contributed by atoms with Crippen molar-refractivity contribution in [2.45, 2.75) is 23.7 Å². The van der Waals surface area contributed by atoms with Crippen LogP contribution >= 0.6 is 12.6 Å². The average molecular weight is 168 g/mol. The van der Waals surface area contributed by atoms with Gasteiger partial charge in [-0.1, -0.05) is 6.07 Å². The first-order valence-corrected chi connectivity index (χ1v) is 4.21. The molecule has 0 heterocycles. The molecule has 11 heavy (non-hydrogen) atoms. The fraction of sp³-hybridized carbons (Fsp3) is 0.333. The number of rotatable bonds is 1. The first-order chi connectivity index (χ1) is 5.29. The smallest absolute Gasteiger partial charge is 0.127 e. The van der Waals surface area contributed by atoms with Crippen LogP contribution in [0, 0.1) is 5.82 Å². The third-order valence-corrected chi connectivity index (χ3v) is 2.41. The molecule has 2 heteroatoms. The highest BCUT2D eigenvalue weighted by Gasteiger charge is 2.27. The summed E-state index contributed by atoms with van der Waals surface area (Å²) in [6, 6.07) is 5.05. The van der Waals surface area contributed by atoms with Crippen molar-refractivity contribution in [3.8, 4) is 0 Å². The Morgan fingerprint density at radius 1 is 1.36 bits per heavy atom. The van der Waals surface area contributed by atoms with Crippen LogP contribution in [0.15, 0.2) is 23.1 Å². The van der Waals surface area contributed by atoms with Gasteiger partial charge in [0.15, 0.2) is 0 Å². The lowest BCUT2D eigenvalue weighted by Crippen LogP contribution is -1.87. The van der Waals surface area contributed by atoms with Gasteiger partial charge in [-0.2, -0.15) is 0 Å². The van der Waals surface area contributed by atoms with Gasteiger partial charge in [0.25, 0.3) is 0 Å². The van der Waals surface area contributed by atoms with Gasteiger partial charge >= 0.3 is 0 Å². The van der Waals surface area contributed by atoms with Gasteiger partial charge in [-0.05, 0) is 30.9 Å². The van der Waals surface area contributed by atoms with Gasteiger partial charge in [-0.15, -0.1) is 12.6 Å². The van der Waals surface area contributed by atoms with E-state index in [1.54, 1.807) is 6.07 Å². The normalized spacial score (nSPS) is 16.9. The fourth-order valence-electron chi connectivity index (χ4n) is 1.30. The maximum absolute atomic E-state index is 13.1. The summed E-state index contributed by atoms with van der Waals surface area (Å²) >= 11 is 4.21. The van der Waals surface area contributed by atoms with Crippen molar-refractivity contribution in [2.24, 2.45) is 0 Å². The monoisotopic (exact) mass is 168 g/mol. The minimum Gasteiger partial charge on any atom is -0.207 e. The van der Waals surface area contributed by atoms with Crippen molar-refractivity contribution < 1.29 is 4.39 Å². The van der Waals surface area contributed by atoms with E-state index >= 15 is 0 Å². The van der Waals surface area contributed by atoms with E-state index in [4.69, 9.17) is 0 Å². The molecule has 1 aromatic carbocycles. The second kappa shape index (κ2) is 2.52. The molecule has 0 spiro atoms. The van der Waals surface area contributed by atoms with E-state index in [1.807, 2.05) is 6.07 Å². The summed E-state index contributed by atoms with van der Waals surface area (Å²) in [5, 5.41) is 0. The van der Waals surface area contributed by atoms with Crippen LogP contribution in [0.1, 0.15) is 24.3 Å². The average Bonchev–Trinajstić information content (AvgIpc) is 2.70. The Kier molecular flexibility index (Phi) is 1.64. The zero-order valence-corrected chi connectivity index (χ0v) is 6.94. The maximum atomic E-state index is 13.1. The molecule has 0 bridgehead atoms. The van der Waals surface area contributed by atoms with Crippen molar-refractivity contribution in [2.75, 3.05) is 0 Å². The highest BCUT2D eigenvalue weighted by atomic mass is 32.1. The minimum atomic E-state index is -0.0972. The molecule has 2 rings (SSSR count). The van der Waals surface area contributed by atoms with Gasteiger partial charge in [0.1, 0.15) is 5.82 Å². The van der Waals surface area contributed by atoms with Crippen molar-refractivity contribution >= 4 is 12.6 Å². The number of hydrogen-bond donors (Lipinski definition) is 1. The summed E-state index contributed by atoms with van der Waals surface area (Å²) in [6.45, 7) is 0. The zero-order valence-electron chi connectivity index (χ0n) is 6.05. The lowest BCUT2D eigenvalue weighted by atomic mass is 10.1. The summed E-state index contributed by atoms with van der Waals surface area (Å²) in [5.74, 6) is 0.351. The van der Waals surface area contributed by atoms with E-state index in [2.05, 4.69) is 12.6 Å². The zero-order chi connectivity index (χ0) is 7.84. The molecular weight excluding hydrogens is 159 g/mol. The van der Waals surface area contributed by atoms with Gasteiger partial charge < -0.3 is 0 Å². The van der Waals surface area contributed by atoms with Crippen LogP contribution in [0.5, 0.6) is 0 Å². The Balaban J connectivity index is 2.48. The number of halogens is 1. The molecule has 1 fully saturated rings. The molecule has 1 aromatic rings. The lowest BCUT2D eigenvalue weighted by molar-refractivity contribution is 0.605. The van der Waals surface area contributed by atoms with Gasteiger partial charge in [0.2, 0.25) is 0 Å². The molecule has 0 unspecified atom stereocenters. The molecule has 0 aromatic heterocycles. The SMILES string of the molecule is Fc1cccc(S)c1C1CC1. The summed E-state index contributed by atoms with van der Waals surface area (Å²) in [4.78, 5) is 0.799. The molecular formula is C9H9FS. The van der Waals surface area contributed by atoms with Crippen LogP contribution in [-0.4, -0.2) is 0 Å². The Bertz CT molecular complexity index is 259. The first-order valence-electron chi connectivity index (χ1n) is 3.76. The molecule has 0 nitrogen and oxygen atoms in total. The van der Waals surface area contributed by atoms with Crippen molar-refractivity contribution in [1.29, 1.82) is 0 Å². The van der Waals surface area contributed by atoms with Crippen LogP contribution < -0.4 is 0 Å². The first kappa shape index (κ1) is 7.17. The number of benzene rings is 1. The summed E-state index contributed by atoms with van der Waals surface area (Å²) in [7, 11) is 0. The highest BCUT2D eigenvalue weighted by molar-refractivity contribution is 7.80. The van der Waals surface area contributed by atoms with Gasteiger partial charge in [-0.25, -0.2) is 4.39 Å². The van der Waals surface area contributed by atoms with E-state index < -0.39 is 0 Å². The number of thiol groups is 1. The fourth-order valence-corrected chi connectivity index (χ4v) is 1.68. The molecule has 0 amide bonds. The van der Waals surface area contributed by atoms with Crippen LogP contribution in [0.25, 0.3) is 0 Å². The van der Waals surface area contributed by atoms with Crippen molar-refractivity contribution in [3.63, 3.8) is 0 Å². The standard InChI is InChI=1S/C9H9FS/c10-7-2-1-3-8(11)9(7)6-4-5-6/h1-3,6,11H,4-5H2. The third kappa shape index (κ3) is 1.27. The van der Waals surface area contributed by atoms with Crippen LogP contribution in [0.2, 0.25) is 0 Å². The third-order valence-electron chi connectivity index (χ3n) is 2.02. The molecule has 58 valence electrons. The van der Waals surface area contributed by atoms with Gasteiger partial charge in [0, 0.05) is 10.5 Å². The molecule has 0 aliphatic heterocycles. The second-order valence-corrected chi connectivity index (χ2v) is 3.43. The van der Waals surface area contributed by atoms with Crippen molar-refractivity contribution in [3.05, 3.63) is 29.6 Å². The second-order valence-electron chi connectivity index (χ2n) is 2.95. The molecule has 0 radical (unpaired) electrons. The van der Waals surface area contributed by atoms with E-state index in [9.17, 15) is 4.39 Å². The van der Waals surface area contributed by atoms with Crippen LogP contribution in [0.3, 0.4) is 0 Å². The van der Waals surface area contributed by atoms with Crippen LogP contribution in [0.4, 0.5) is 4.39 Å². The lowest BCUT2D eigenvalue weighted by Gasteiger charge is -2.02. The quantitative estimate of drug-likeness (QED) is 0.612. The molecule has 1 saturated carbocycles. The van der Waals surface area contributed by atoms with E-state index in [-0.39, 0.29) is 5.82 Å². The van der Waals surface area contributed by atoms with E-state index in [1.165, 1.54) is 6.07 Å². The summed E-state index contributed by atoms with van der Waals surface area (Å²) < 4.78 is 13.1. The largest absolute Gasteiger partial charge is 0.207 e. The molecule has 1 aliphatic carbocycles. The molecule has 1 aliphatic rings. The van der Waals surface area contributed by atoms with E-state index in [0.29, 0.717) is 5.92 Å². The minimum absolute atomic E-state index is 0.0972. The van der Waals surface area contributed by atoms with Crippen molar-refractivity contribution in [1.82, 2.24) is 0 Å². The van der Waals surface area contributed by atoms with Gasteiger partial charge in [0.05, 0.1) is 0 Å². The molecule has 0 N–H and O–H groups in total. The Morgan fingerprint density at radius 2 is 2.09 bits per heavy atom. The predicted molar refractivity (Wildman–Crippen MR) is 45.6 cm³/mol. The predicted octanol–water partition coefficient (Wildman–Crippen LogP) is 2.99. The number of hydrogen-bond acceptors (Lipinski definition) is 1. The summed E-state index contributed by atoms with van der Waals surface area (Å²) in [5.41, 5.74) is 0.816. The Labute approximate surface area is 70.8 Å². The Hall–Kier alpha value is -0.500. The molecule has 0 saturated heterocycles. The highest BCUT2D eigenvalue weighted by Crippen LogP contribution is 2.43.